The first-order chi connectivity index (χ1) is 10.3. The third kappa shape index (κ3) is 5.65. The van der Waals surface area contributed by atoms with E-state index in [4.69, 9.17) is 0 Å². The lowest BCUT2D eigenvalue weighted by Crippen LogP contribution is -2.15. The summed E-state index contributed by atoms with van der Waals surface area (Å²) in [5.41, 5.74) is 2.62. The zero-order chi connectivity index (χ0) is 14.9. The van der Waals surface area contributed by atoms with Crippen LogP contribution in [0.2, 0.25) is 0 Å². The number of hydrogen-bond acceptors (Lipinski definition) is 0. The molecule has 0 unspecified atom stereocenters. The number of allylic oxidation sites excluding steroid dienone is 1. The first kappa shape index (κ1) is 16.3. The van der Waals surface area contributed by atoms with Gasteiger partial charge in [0.15, 0.2) is 0 Å². The molecule has 0 amide bonds. The van der Waals surface area contributed by atoms with E-state index in [2.05, 4.69) is 31.2 Å². The summed E-state index contributed by atoms with van der Waals surface area (Å²) < 4.78 is 12.0. The van der Waals surface area contributed by atoms with Crippen LogP contribution in [0.3, 0.4) is 0 Å². The second-order valence-electron chi connectivity index (χ2n) is 6.60. The van der Waals surface area contributed by atoms with Crippen molar-refractivity contribution in [2.45, 2.75) is 64.7 Å². The van der Waals surface area contributed by atoms with Gasteiger partial charge in [0.1, 0.15) is 0 Å². The number of rotatable bonds is 7. The standard InChI is InChI=1S/C20H29F/c1-2-4-17-6-10-19(11-7-17)14-15-20-12-8-18(9-13-20)5-3-16-21/h3,8-9,12-13,16-17,19H,2,4-7,10-11,14-15H2,1H3/b16-3+. The molecule has 116 valence electrons. The van der Waals surface area contributed by atoms with Crippen LogP contribution in [-0.2, 0) is 12.8 Å². The molecular formula is C20H29F. The van der Waals surface area contributed by atoms with Gasteiger partial charge in [0.05, 0.1) is 6.33 Å². The van der Waals surface area contributed by atoms with E-state index in [-0.39, 0.29) is 0 Å². The summed E-state index contributed by atoms with van der Waals surface area (Å²) in [6.07, 6.45) is 14.0. The van der Waals surface area contributed by atoms with Crippen molar-refractivity contribution in [3.8, 4) is 0 Å². The molecule has 0 nitrogen and oxygen atoms in total. The van der Waals surface area contributed by atoms with E-state index >= 15 is 0 Å². The molecule has 1 aromatic carbocycles. The highest BCUT2D eigenvalue weighted by atomic mass is 19.1. The summed E-state index contributed by atoms with van der Waals surface area (Å²) in [5, 5.41) is 0. The van der Waals surface area contributed by atoms with Crippen LogP contribution < -0.4 is 0 Å². The molecule has 1 saturated carbocycles. The second-order valence-corrected chi connectivity index (χ2v) is 6.60. The summed E-state index contributed by atoms with van der Waals surface area (Å²) in [5.74, 6) is 1.95. The summed E-state index contributed by atoms with van der Waals surface area (Å²) in [6, 6.07) is 8.69. The lowest BCUT2D eigenvalue weighted by Gasteiger charge is -2.28. The molecule has 1 heteroatoms. The molecule has 1 aromatic rings. The van der Waals surface area contributed by atoms with E-state index in [1.807, 2.05) is 0 Å². The molecule has 2 rings (SSSR count). The maximum Gasteiger partial charge on any atom is 0.0830 e. The fourth-order valence-electron chi connectivity index (χ4n) is 3.61. The second kappa shape index (κ2) is 9.02. The zero-order valence-corrected chi connectivity index (χ0v) is 13.4. The third-order valence-corrected chi connectivity index (χ3v) is 4.97. The molecule has 21 heavy (non-hydrogen) atoms. The van der Waals surface area contributed by atoms with Crippen molar-refractivity contribution < 1.29 is 4.39 Å². The van der Waals surface area contributed by atoms with Crippen molar-refractivity contribution >= 4 is 0 Å². The minimum atomic E-state index is 0.628. The Morgan fingerprint density at radius 2 is 1.52 bits per heavy atom. The first-order valence-corrected chi connectivity index (χ1v) is 8.64. The molecule has 1 aliphatic carbocycles. The van der Waals surface area contributed by atoms with Gasteiger partial charge >= 0.3 is 0 Å². The van der Waals surface area contributed by atoms with Crippen LogP contribution in [-0.4, -0.2) is 0 Å². The predicted octanol–water partition coefficient (Wildman–Crippen LogP) is 6.25. The summed E-state index contributed by atoms with van der Waals surface area (Å²) in [4.78, 5) is 0. The van der Waals surface area contributed by atoms with E-state index in [9.17, 15) is 4.39 Å². The van der Waals surface area contributed by atoms with Gasteiger partial charge in [-0.25, -0.2) is 4.39 Å². The monoisotopic (exact) mass is 288 g/mol. The highest BCUT2D eigenvalue weighted by molar-refractivity contribution is 5.24. The molecule has 1 fully saturated rings. The maximum atomic E-state index is 12.0. The van der Waals surface area contributed by atoms with Gasteiger partial charge in [-0.05, 0) is 42.2 Å². The van der Waals surface area contributed by atoms with Gasteiger partial charge in [0.25, 0.3) is 0 Å². The molecule has 0 aromatic heterocycles. The Bertz CT molecular complexity index is 410. The predicted molar refractivity (Wildman–Crippen MR) is 89.1 cm³/mol. The smallest absolute Gasteiger partial charge is 0.0830 e. The highest BCUT2D eigenvalue weighted by Crippen LogP contribution is 2.33. The Morgan fingerprint density at radius 1 is 0.952 bits per heavy atom. The average molecular weight is 288 g/mol. The number of hydrogen-bond donors (Lipinski definition) is 0. The Morgan fingerprint density at radius 3 is 2.10 bits per heavy atom. The van der Waals surface area contributed by atoms with Crippen molar-refractivity contribution in [1.29, 1.82) is 0 Å². The summed E-state index contributed by atoms with van der Waals surface area (Å²) in [7, 11) is 0. The van der Waals surface area contributed by atoms with Crippen molar-refractivity contribution in [1.82, 2.24) is 0 Å². The molecule has 0 saturated heterocycles. The molecule has 0 atom stereocenters. The maximum absolute atomic E-state index is 12.0. The van der Waals surface area contributed by atoms with E-state index in [0.717, 1.165) is 11.8 Å². The van der Waals surface area contributed by atoms with Crippen molar-refractivity contribution in [3.63, 3.8) is 0 Å². The first-order valence-electron chi connectivity index (χ1n) is 8.64. The fourth-order valence-corrected chi connectivity index (χ4v) is 3.61. The number of benzene rings is 1. The van der Waals surface area contributed by atoms with Gasteiger partial charge in [0.2, 0.25) is 0 Å². The van der Waals surface area contributed by atoms with Crippen LogP contribution in [0.25, 0.3) is 0 Å². The summed E-state index contributed by atoms with van der Waals surface area (Å²) >= 11 is 0. The van der Waals surface area contributed by atoms with E-state index in [0.29, 0.717) is 12.8 Å². The van der Waals surface area contributed by atoms with Gasteiger partial charge in [0, 0.05) is 0 Å². The minimum Gasteiger partial charge on any atom is -0.216 e. The SMILES string of the molecule is CCCC1CCC(CCc2ccc(C/C=C/F)cc2)CC1. The molecule has 1 aliphatic rings. The van der Waals surface area contributed by atoms with E-state index in [1.54, 1.807) is 6.08 Å². The zero-order valence-electron chi connectivity index (χ0n) is 13.4. The molecule has 0 radical (unpaired) electrons. The Labute approximate surface area is 129 Å². The van der Waals surface area contributed by atoms with Gasteiger partial charge in [-0.3, -0.25) is 0 Å². The van der Waals surface area contributed by atoms with E-state index < -0.39 is 0 Å². The fraction of sp³-hybridized carbons (Fsp3) is 0.600. The van der Waals surface area contributed by atoms with Crippen LogP contribution in [0.1, 0.15) is 63.0 Å². The Hall–Kier alpha value is -1.11. The Balaban J connectivity index is 1.71. The van der Waals surface area contributed by atoms with Crippen LogP contribution in [0, 0.1) is 11.8 Å². The molecule has 0 N–H and O–H groups in total. The lowest BCUT2D eigenvalue weighted by molar-refractivity contribution is 0.252. The minimum absolute atomic E-state index is 0.628. The summed E-state index contributed by atoms with van der Waals surface area (Å²) in [6.45, 7) is 2.30. The largest absolute Gasteiger partial charge is 0.216 e. The van der Waals surface area contributed by atoms with Crippen molar-refractivity contribution in [2.24, 2.45) is 11.8 Å². The van der Waals surface area contributed by atoms with Crippen molar-refractivity contribution in [2.75, 3.05) is 0 Å². The molecule has 0 aliphatic heterocycles. The molecule has 0 spiro atoms. The van der Waals surface area contributed by atoms with Gasteiger partial charge < -0.3 is 0 Å². The quantitative estimate of drug-likeness (QED) is 0.556. The number of halogens is 1. The van der Waals surface area contributed by atoms with Crippen molar-refractivity contribution in [3.05, 3.63) is 47.8 Å². The normalized spacial score (nSPS) is 22.8. The highest BCUT2D eigenvalue weighted by Gasteiger charge is 2.20. The molecule has 0 bridgehead atoms. The van der Waals surface area contributed by atoms with E-state index in [1.165, 1.54) is 62.5 Å². The number of aryl methyl sites for hydroxylation is 1. The lowest BCUT2D eigenvalue weighted by atomic mass is 9.78. The van der Waals surface area contributed by atoms with Gasteiger partial charge in [-0.15, -0.1) is 0 Å². The topological polar surface area (TPSA) is 0 Å². The van der Waals surface area contributed by atoms with Gasteiger partial charge in [-0.1, -0.05) is 75.8 Å². The molecule has 0 heterocycles. The third-order valence-electron chi connectivity index (χ3n) is 4.97. The van der Waals surface area contributed by atoms with Crippen LogP contribution in [0.15, 0.2) is 36.7 Å². The van der Waals surface area contributed by atoms with Crippen LogP contribution in [0.4, 0.5) is 4.39 Å². The van der Waals surface area contributed by atoms with Crippen LogP contribution in [0.5, 0.6) is 0 Å². The van der Waals surface area contributed by atoms with Crippen LogP contribution >= 0.6 is 0 Å². The molecular weight excluding hydrogens is 259 g/mol. The van der Waals surface area contributed by atoms with Gasteiger partial charge in [-0.2, -0.15) is 0 Å². The average Bonchev–Trinajstić information content (AvgIpc) is 2.53. The Kier molecular flexibility index (Phi) is 6.99.